The highest BCUT2D eigenvalue weighted by molar-refractivity contribution is 9.10. The van der Waals surface area contributed by atoms with Crippen LogP contribution < -0.4 is 20.2 Å². The van der Waals surface area contributed by atoms with Crippen molar-refractivity contribution in [3.63, 3.8) is 0 Å². The van der Waals surface area contributed by atoms with Crippen LogP contribution in [0.15, 0.2) is 83.9 Å². The lowest BCUT2D eigenvalue weighted by atomic mass is 10.0. The summed E-state index contributed by atoms with van der Waals surface area (Å²) in [5.74, 6) is 0.632. The van der Waals surface area contributed by atoms with Gasteiger partial charge in [0.25, 0.3) is 11.8 Å². The molecule has 4 rings (SSSR count). The first-order chi connectivity index (χ1) is 17.0. The van der Waals surface area contributed by atoms with E-state index in [0.717, 1.165) is 22.2 Å². The molecule has 2 N–H and O–H groups in total. The van der Waals surface area contributed by atoms with E-state index in [0.29, 0.717) is 35.8 Å². The summed E-state index contributed by atoms with van der Waals surface area (Å²) >= 11 is 3.42. The Morgan fingerprint density at radius 2 is 1.77 bits per heavy atom. The van der Waals surface area contributed by atoms with E-state index < -0.39 is 12.1 Å². The van der Waals surface area contributed by atoms with Crippen LogP contribution in [0, 0.1) is 0 Å². The highest BCUT2D eigenvalue weighted by Crippen LogP contribution is 2.34. The number of carbonyl (C=O) groups is 2. The molecule has 1 unspecified atom stereocenters. The number of nitrogens with zero attached hydrogens (tertiary/aromatic N) is 1. The number of nitrogens with one attached hydrogen (secondary N) is 2. The smallest absolute Gasteiger partial charge is 0.276 e. The number of ether oxygens (including phenoxy) is 2. The SMILES string of the molecule is C=CCOc1ccc(C(=O)NN2C(=O)c3cc(Br)ccc3NC2c2ccc(OCCC)cc2)cc1. The van der Waals surface area contributed by atoms with Crippen LogP contribution in [0.2, 0.25) is 0 Å². The minimum Gasteiger partial charge on any atom is -0.494 e. The monoisotopic (exact) mass is 535 g/mol. The zero-order chi connectivity index (χ0) is 24.8. The van der Waals surface area contributed by atoms with Gasteiger partial charge in [0.05, 0.1) is 12.2 Å². The standard InChI is InChI=1S/C27H26BrN3O4/c1-3-15-34-21-10-5-18(6-11-21)25-29-24-14-9-20(28)17-23(24)27(33)31(25)30-26(32)19-7-12-22(13-8-19)35-16-4-2/h4-14,17,25,29H,2-3,15-16H2,1H3,(H,30,32). The molecule has 0 saturated carbocycles. The number of hydrazine groups is 1. The molecule has 8 heteroatoms. The van der Waals surface area contributed by atoms with Crippen molar-refractivity contribution in [3.05, 3.63) is 101 Å². The number of amides is 2. The van der Waals surface area contributed by atoms with Gasteiger partial charge < -0.3 is 14.8 Å². The molecule has 0 bridgehead atoms. The molecular weight excluding hydrogens is 510 g/mol. The van der Waals surface area contributed by atoms with Gasteiger partial charge in [-0.2, -0.15) is 0 Å². The van der Waals surface area contributed by atoms with Crippen LogP contribution in [0.3, 0.4) is 0 Å². The van der Waals surface area contributed by atoms with Gasteiger partial charge in [0, 0.05) is 15.7 Å². The van der Waals surface area contributed by atoms with E-state index in [1.165, 1.54) is 5.01 Å². The Labute approximate surface area is 212 Å². The Kier molecular flexibility index (Phi) is 7.72. The summed E-state index contributed by atoms with van der Waals surface area (Å²) in [6, 6.07) is 19.6. The third kappa shape index (κ3) is 5.66. The van der Waals surface area contributed by atoms with Gasteiger partial charge in [0.1, 0.15) is 24.3 Å². The number of benzene rings is 3. The first kappa shape index (κ1) is 24.3. The number of anilines is 1. The summed E-state index contributed by atoms with van der Waals surface area (Å²) < 4.78 is 11.9. The molecule has 180 valence electrons. The molecule has 2 amide bonds. The van der Waals surface area contributed by atoms with E-state index in [9.17, 15) is 9.59 Å². The van der Waals surface area contributed by atoms with Crippen LogP contribution in [-0.2, 0) is 0 Å². The van der Waals surface area contributed by atoms with Crippen molar-refractivity contribution in [2.45, 2.75) is 19.5 Å². The molecule has 35 heavy (non-hydrogen) atoms. The lowest BCUT2D eigenvalue weighted by Crippen LogP contribution is -2.52. The van der Waals surface area contributed by atoms with Crippen molar-refractivity contribution >= 4 is 33.4 Å². The molecule has 1 heterocycles. The van der Waals surface area contributed by atoms with Gasteiger partial charge in [0.2, 0.25) is 0 Å². The molecule has 3 aromatic rings. The molecule has 0 saturated heterocycles. The van der Waals surface area contributed by atoms with Gasteiger partial charge in [-0.3, -0.25) is 15.0 Å². The largest absolute Gasteiger partial charge is 0.494 e. The van der Waals surface area contributed by atoms with Crippen molar-refractivity contribution in [1.29, 1.82) is 0 Å². The lowest BCUT2D eigenvalue weighted by molar-refractivity contribution is 0.0491. The van der Waals surface area contributed by atoms with Crippen molar-refractivity contribution in [3.8, 4) is 11.5 Å². The molecule has 0 aliphatic carbocycles. The molecule has 1 aliphatic heterocycles. The number of fused-ring (bicyclic) bond motifs is 1. The second-order valence-electron chi connectivity index (χ2n) is 7.89. The quantitative estimate of drug-likeness (QED) is 0.343. The van der Waals surface area contributed by atoms with Crippen molar-refractivity contribution < 1.29 is 19.1 Å². The normalized spacial score (nSPS) is 14.5. The molecule has 3 aromatic carbocycles. The molecule has 1 atom stereocenters. The fourth-order valence-electron chi connectivity index (χ4n) is 3.62. The summed E-state index contributed by atoms with van der Waals surface area (Å²) in [6.45, 7) is 6.67. The van der Waals surface area contributed by atoms with Crippen LogP contribution in [0.5, 0.6) is 11.5 Å². The Hall–Kier alpha value is -3.78. The van der Waals surface area contributed by atoms with Gasteiger partial charge in [-0.1, -0.05) is 47.6 Å². The van der Waals surface area contributed by atoms with Gasteiger partial charge in [0.15, 0.2) is 0 Å². The van der Waals surface area contributed by atoms with E-state index in [-0.39, 0.29) is 5.91 Å². The third-order valence-corrected chi connectivity index (χ3v) is 5.85. The molecular formula is C27H26BrN3O4. The third-order valence-electron chi connectivity index (χ3n) is 5.36. The van der Waals surface area contributed by atoms with E-state index in [4.69, 9.17) is 9.47 Å². The average molecular weight is 536 g/mol. The Morgan fingerprint density at radius 1 is 1.09 bits per heavy atom. The van der Waals surface area contributed by atoms with Crippen LogP contribution >= 0.6 is 15.9 Å². The summed E-state index contributed by atoms with van der Waals surface area (Å²) in [5.41, 5.74) is 5.11. The molecule has 0 radical (unpaired) electrons. The predicted molar refractivity (Wildman–Crippen MR) is 139 cm³/mol. The van der Waals surface area contributed by atoms with Crippen molar-refractivity contribution in [1.82, 2.24) is 10.4 Å². The maximum absolute atomic E-state index is 13.5. The van der Waals surface area contributed by atoms with E-state index in [1.54, 1.807) is 36.4 Å². The summed E-state index contributed by atoms with van der Waals surface area (Å²) in [6.07, 6.45) is 1.94. The summed E-state index contributed by atoms with van der Waals surface area (Å²) in [4.78, 5) is 26.6. The second kappa shape index (κ2) is 11.1. The molecule has 0 spiro atoms. The van der Waals surface area contributed by atoms with Crippen molar-refractivity contribution in [2.75, 3.05) is 18.5 Å². The second-order valence-corrected chi connectivity index (χ2v) is 8.81. The van der Waals surface area contributed by atoms with E-state index in [1.807, 2.05) is 43.3 Å². The molecule has 7 nitrogen and oxygen atoms in total. The zero-order valence-corrected chi connectivity index (χ0v) is 20.9. The Morgan fingerprint density at radius 3 is 2.46 bits per heavy atom. The lowest BCUT2D eigenvalue weighted by Gasteiger charge is -2.38. The highest BCUT2D eigenvalue weighted by atomic mass is 79.9. The van der Waals surface area contributed by atoms with E-state index >= 15 is 0 Å². The van der Waals surface area contributed by atoms with Gasteiger partial charge in [-0.15, -0.1) is 0 Å². The Balaban J connectivity index is 1.61. The van der Waals surface area contributed by atoms with Crippen LogP contribution in [0.4, 0.5) is 5.69 Å². The number of rotatable bonds is 9. The van der Waals surface area contributed by atoms with Gasteiger partial charge >= 0.3 is 0 Å². The van der Waals surface area contributed by atoms with Crippen molar-refractivity contribution in [2.24, 2.45) is 0 Å². The number of halogens is 1. The molecule has 0 aromatic heterocycles. The zero-order valence-electron chi connectivity index (χ0n) is 19.3. The first-order valence-corrected chi connectivity index (χ1v) is 12.1. The fourth-order valence-corrected chi connectivity index (χ4v) is 3.98. The minimum absolute atomic E-state index is 0.323. The summed E-state index contributed by atoms with van der Waals surface area (Å²) in [5, 5.41) is 4.69. The fraction of sp³-hybridized carbons (Fsp3) is 0.185. The van der Waals surface area contributed by atoms with Gasteiger partial charge in [-0.05, 0) is 66.6 Å². The molecule has 1 aliphatic rings. The van der Waals surface area contributed by atoms with Crippen LogP contribution in [0.1, 0.15) is 45.8 Å². The van der Waals surface area contributed by atoms with E-state index in [2.05, 4.69) is 33.3 Å². The maximum Gasteiger partial charge on any atom is 0.276 e. The highest BCUT2D eigenvalue weighted by Gasteiger charge is 2.34. The van der Waals surface area contributed by atoms with Gasteiger partial charge in [-0.25, -0.2) is 5.01 Å². The minimum atomic E-state index is -0.615. The number of hydrogen-bond acceptors (Lipinski definition) is 5. The first-order valence-electron chi connectivity index (χ1n) is 11.3. The number of carbonyl (C=O) groups excluding carboxylic acids is 2. The van der Waals surface area contributed by atoms with Crippen LogP contribution in [-0.4, -0.2) is 30.0 Å². The average Bonchev–Trinajstić information content (AvgIpc) is 2.88. The number of hydrogen-bond donors (Lipinski definition) is 2. The van der Waals surface area contributed by atoms with Crippen LogP contribution in [0.25, 0.3) is 0 Å². The summed E-state index contributed by atoms with van der Waals surface area (Å²) in [7, 11) is 0. The Bertz CT molecular complexity index is 1210. The maximum atomic E-state index is 13.5. The topological polar surface area (TPSA) is 79.9 Å². The molecule has 0 fully saturated rings. The predicted octanol–water partition coefficient (Wildman–Crippen LogP) is 5.71.